The first kappa shape index (κ1) is 14.2. The molecule has 0 bridgehead atoms. The van der Waals surface area contributed by atoms with Crippen LogP contribution in [-0.4, -0.2) is 41.8 Å². The van der Waals surface area contributed by atoms with Crippen LogP contribution in [0.15, 0.2) is 0 Å². The molecule has 1 atom stereocenters. The Bertz CT molecular complexity index is 434. The molecule has 2 rings (SSSR count). The van der Waals surface area contributed by atoms with Gasteiger partial charge in [-0.2, -0.15) is 0 Å². The predicted octanol–water partition coefficient (Wildman–Crippen LogP) is 0.427. The van der Waals surface area contributed by atoms with Crippen molar-refractivity contribution in [1.29, 1.82) is 0 Å². The Morgan fingerprint density at radius 2 is 1.95 bits per heavy atom. The largest absolute Gasteiger partial charge is 0.392 e. The number of hydrogen-bond acceptors (Lipinski definition) is 3. The molecule has 1 saturated carbocycles. The zero-order chi connectivity index (χ0) is 14.3. The summed E-state index contributed by atoms with van der Waals surface area (Å²) >= 11 is 5.08. The van der Waals surface area contributed by atoms with Crippen molar-refractivity contribution in [3.63, 3.8) is 0 Å². The van der Waals surface area contributed by atoms with Crippen LogP contribution in [-0.2, 0) is 9.59 Å². The fourth-order valence-electron chi connectivity index (χ4n) is 3.02. The second kappa shape index (κ2) is 4.74. The van der Waals surface area contributed by atoms with Crippen molar-refractivity contribution >= 4 is 29.0 Å². The second-order valence-electron chi connectivity index (χ2n) is 5.92. The summed E-state index contributed by atoms with van der Waals surface area (Å²) in [7, 11) is 1.63. The molecule has 1 heterocycles. The number of carbonyl (C=O) groups is 2. The second-order valence-corrected chi connectivity index (χ2v) is 6.36. The standard InChI is InChI=1S/C13H21N3O2S/c1-12(10(17)15-2)6-7-16(8-12)11(18)13(9(14)19)4-3-5-13/h3-8H2,1-2H3,(H2,14,19)(H,15,17). The average molecular weight is 283 g/mol. The van der Waals surface area contributed by atoms with E-state index in [2.05, 4.69) is 5.32 Å². The molecule has 1 aliphatic carbocycles. The van der Waals surface area contributed by atoms with Gasteiger partial charge in [0.1, 0.15) is 0 Å². The number of nitrogens with zero attached hydrogens (tertiary/aromatic N) is 1. The van der Waals surface area contributed by atoms with Gasteiger partial charge in [0.2, 0.25) is 11.8 Å². The summed E-state index contributed by atoms with van der Waals surface area (Å²) in [5.74, 6) is -0.000312. The zero-order valence-corrected chi connectivity index (χ0v) is 12.3. The molecular formula is C13H21N3O2S. The number of likely N-dealkylation sites (tertiary alicyclic amines) is 1. The summed E-state index contributed by atoms with van der Waals surface area (Å²) in [6, 6.07) is 0. The first-order chi connectivity index (χ1) is 8.85. The summed E-state index contributed by atoms with van der Waals surface area (Å²) in [6.07, 6.45) is 3.16. The highest BCUT2D eigenvalue weighted by atomic mass is 32.1. The maximum Gasteiger partial charge on any atom is 0.235 e. The third kappa shape index (κ3) is 2.12. The van der Waals surface area contributed by atoms with E-state index in [4.69, 9.17) is 18.0 Å². The van der Waals surface area contributed by atoms with Crippen LogP contribution in [0.1, 0.15) is 32.6 Å². The number of carbonyl (C=O) groups excluding carboxylic acids is 2. The van der Waals surface area contributed by atoms with Gasteiger partial charge in [0.15, 0.2) is 0 Å². The van der Waals surface area contributed by atoms with Crippen LogP contribution in [0.3, 0.4) is 0 Å². The van der Waals surface area contributed by atoms with E-state index in [1.165, 1.54) is 0 Å². The van der Waals surface area contributed by atoms with E-state index in [0.29, 0.717) is 24.5 Å². The minimum atomic E-state index is -0.636. The van der Waals surface area contributed by atoms with Gasteiger partial charge in [-0.05, 0) is 26.2 Å². The zero-order valence-electron chi connectivity index (χ0n) is 11.5. The molecule has 1 aliphatic heterocycles. The van der Waals surface area contributed by atoms with Crippen molar-refractivity contribution in [3.8, 4) is 0 Å². The topological polar surface area (TPSA) is 75.4 Å². The molecule has 1 unspecified atom stereocenters. The normalized spacial score (nSPS) is 28.6. The van der Waals surface area contributed by atoms with Gasteiger partial charge in [-0.1, -0.05) is 18.6 Å². The predicted molar refractivity (Wildman–Crippen MR) is 76.4 cm³/mol. The van der Waals surface area contributed by atoms with E-state index >= 15 is 0 Å². The summed E-state index contributed by atoms with van der Waals surface area (Å²) in [4.78, 5) is 26.5. The van der Waals surface area contributed by atoms with E-state index in [-0.39, 0.29) is 11.8 Å². The average Bonchev–Trinajstić information content (AvgIpc) is 2.70. The third-order valence-electron chi connectivity index (χ3n) is 4.62. The molecule has 2 amide bonds. The van der Waals surface area contributed by atoms with Gasteiger partial charge in [-0.15, -0.1) is 0 Å². The van der Waals surface area contributed by atoms with Gasteiger partial charge in [0.05, 0.1) is 15.8 Å². The van der Waals surface area contributed by atoms with Crippen LogP contribution < -0.4 is 11.1 Å². The van der Waals surface area contributed by atoms with Crippen molar-refractivity contribution in [3.05, 3.63) is 0 Å². The Balaban J connectivity index is 2.11. The van der Waals surface area contributed by atoms with Crippen LogP contribution in [0.25, 0.3) is 0 Å². The van der Waals surface area contributed by atoms with Gasteiger partial charge in [-0.25, -0.2) is 0 Å². The van der Waals surface area contributed by atoms with Crippen LogP contribution in [0, 0.1) is 10.8 Å². The quantitative estimate of drug-likeness (QED) is 0.736. The fraction of sp³-hybridized carbons (Fsp3) is 0.769. The lowest BCUT2D eigenvalue weighted by atomic mass is 9.67. The van der Waals surface area contributed by atoms with E-state index in [1.54, 1.807) is 11.9 Å². The summed E-state index contributed by atoms with van der Waals surface area (Å²) < 4.78 is 0. The Morgan fingerprint density at radius 1 is 1.32 bits per heavy atom. The molecule has 1 saturated heterocycles. The lowest BCUT2D eigenvalue weighted by Gasteiger charge is -2.42. The van der Waals surface area contributed by atoms with Gasteiger partial charge < -0.3 is 16.0 Å². The number of hydrogen-bond donors (Lipinski definition) is 2. The van der Waals surface area contributed by atoms with E-state index in [1.807, 2.05) is 6.92 Å². The maximum absolute atomic E-state index is 12.6. The molecule has 19 heavy (non-hydrogen) atoms. The Kier molecular flexibility index (Phi) is 3.55. The van der Waals surface area contributed by atoms with Gasteiger partial charge in [-0.3, -0.25) is 9.59 Å². The smallest absolute Gasteiger partial charge is 0.235 e. The van der Waals surface area contributed by atoms with E-state index in [0.717, 1.165) is 19.3 Å². The highest BCUT2D eigenvalue weighted by Gasteiger charge is 2.52. The molecule has 0 radical (unpaired) electrons. The minimum absolute atomic E-state index is 0.0129. The van der Waals surface area contributed by atoms with Crippen molar-refractivity contribution in [1.82, 2.24) is 10.2 Å². The molecule has 6 heteroatoms. The fourth-order valence-corrected chi connectivity index (χ4v) is 3.31. The Hall–Kier alpha value is -1.17. The van der Waals surface area contributed by atoms with Crippen LogP contribution in [0.2, 0.25) is 0 Å². The number of nitrogens with two attached hydrogens (primary N) is 1. The summed E-state index contributed by atoms with van der Waals surface area (Å²) in [5, 5.41) is 2.67. The molecule has 5 nitrogen and oxygen atoms in total. The Labute approximate surface area is 118 Å². The van der Waals surface area contributed by atoms with Crippen molar-refractivity contribution in [2.75, 3.05) is 20.1 Å². The molecule has 3 N–H and O–H groups in total. The lowest BCUT2D eigenvalue weighted by Crippen LogP contribution is -2.54. The highest BCUT2D eigenvalue weighted by molar-refractivity contribution is 7.80. The van der Waals surface area contributed by atoms with Crippen LogP contribution in [0.4, 0.5) is 0 Å². The lowest BCUT2D eigenvalue weighted by molar-refractivity contribution is -0.141. The van der Waals surface area contributed by atoms with E-state index in [9.17, 15) is 9.59 Å². The molecular weight excluding hydrogens is 262 g/mol. The van der Waals surface area contributed by atoms with Crippen molar-refractivity contribution < 1.29 is 9.59 Å². The number of nitrogens with one attached hydrogen (secondary N) is 1. The monoisotopic (exact) mass is 283 g/mol. The molecule has 2 aliphatic rings. The first-order valence-corrected chi connectivity index (χ1v) is 7.08. The van der Waals surface area contributed by atoms with Crippen LogP contribution >= 0.6 is 12.2 Å². The van der Waals surface area contributed by atoms with Gasteiger partial charge in [0, 0.05) is 20.1 Å². The molecule has 0 aromatic carbocycles. The summed E-state index contributed by atoms with van der Waals surface area (Å²) in [6.45, 7) is 2.95. The molecule has 0 aromatic rings. The summed E-state index contributed by atoms with van der Waals surface area (Å²) in [5.41, 5.74) is 4.63. The molecule has 0 spiro atoms. The van der Waals surface area contributed by atoms with Crippen molar-refractivity contribution in [2.45, 2.75) is 32.6 Å². The van der Waals surface area contributed by atoms with Crippen LogP contribution in [0.5, 0.6) is 0 Å². The minimum Gasteiger partial charge on any atom is -0.392 e. The maximum atomic E-state index is 12.6. The van der Waals surface area contributed by atoms with Gasteiger partial charge in [0.25, 0.3) is 0 Å². The highest BCUT2D eigenvalue weighted by Crippen LogP contribution is 2.44. The number of thiocarbonyl (C=S) groups is 1. The van der Waals surface area contributed by atoms with Crippen molar-refractivity contribution in [2.24, 2.45) is 16.6 Å². The van der Waals surface area contributed by atoms with E-state index < -0.39 is 10.8 Å². The molecule has 0 aromatic heterocycles. The number of rotatable bonds is 3. The first-order valence-electron chi connectivity index (χ1n) is 6.67. The molecule has 106 valence electrons. The number of amides is 2. The molecule has 2 fully saturated rings. The SMILES string of the molecule is CNC(=O)C1(C)CCN(C(=O)C2(C(N)=S)CCC2)C1. The Morgan fingerprint density at radius 3 is 2.37 bits per heavy atom. The third-order valence-corrected chi connectivity index (χ3v) is 5.01. The van der Waals surface area contributed by atoms with Gasteiger partial charge >= 0.3 is 0 Å².